The quantitative estimate of drug-likeness (QED) is 0.699. The third-order valence-corrected chi connectivity index (χ3v) is 5.86. The Kier molecular flexibility index (Phi) is 5.51. The summed E-state index contributed by atoms with van der Waals surface area (Å²) in [4.78, 5) is 13.0. The SMILES string of the molecule is CC1(C)CC(=O)C2=C(C1)OC(N)=C(C#N)[C@H]2c1ccc(OCc2ccc(Cl)cc2)cc1. The average molecular weight is 435 g/mol. The van der Waals surface area contributed by atoms with Gasteiger partial charge in [-0.15, -0.1) is 0 Å². The molecule has 5 nitrogen and oxygen atoms in total. The molecule has 0 saturated heterocycles. The molecule has 2 aromatic carbocycles. The van der Waals surface area contributed by atoms with Crippen LogP contribution in [0.3, 0.4) is 0 Å². The lowest BCUT2D eigenvalue weighted by Crippen LogP contribution is -2.33. The van der Waals surface area contributed by atoms with Crippen LogP contribution in [-0.2, 0) is 16.1 Å². The first-order valence-corrected chi connectivity index (χ1v) is 10.5. The molecular weight excluding hydrogens is 412 g/mol. The minimum Gasteiger partial charge on any atom is -0.489 e. The zero-order valence-corrected chi connectivity index (χ0v) is 18.2. The summed E-state index contributed by atoms with van der Waals surface area (Å²) in [7, 11) is 0. The molecule has 1 heterocycles. The summed E-state index contributed by atoms with van der Waals surface area (Å²) in [6.45, 7) is 4.46. The number of halogens is 1. The number of Topliss-reactive ketones (excluding diaryl/α,β-unsaturated/α-hetero) is 1. The van der Waals surface area contributed by atoms with Crippen LogP contribution in [0.2, 0.25) is 5.02 Å². The molecule has 4 rings (SSSR count). The van der Waals surface area contributed by atoms with Crippen molar-refractivity contribution in [1.82, 2.24) is 0 Å². The number of nitrogens with zero attached hydrogens (tertiary/aromatic N) is 1. The highest BCUT2D eigenvalue weighted by Crippen LogP contribution is 2.47. The Morgan fingerprint density at radius 3 is 2.48 bits per heavy atom. The van der Waals surface area contributed by atoms with Crippen LogP contribution in [0.4, 0.5) is 0 Å². The van der Waals surface area contributed by atoms with Crippen molar-refractivity contribution in [3.63, 3.8) is 0 Å². The second kappa shape index (κ2) is 8.13. The van der Waals surface area contributed by atoms with E-state index < -0.39 is 5.92 Å². The minimum absolute atomic E-state index is 0.000403. The van der Waals surface area contributed by atoms with E-state index in [-0.39, 0.29) is 22.7 Å². The highest BCUT2D eigenvalue weighted by Gasteiger charge is 2.42. The van der Waals surface area contributed by atoms with Crippen LogP contribution < -0.4 is 10.5 Å². The molecule has 0 bridgehead atoms. The van der Waals surface area contributed by atoms with Gasteiger partial charge in [0.05, 0.1) is 5.92 Å². The van der Waals surface area contributed by atoms with Gasteiger partial charge in [-0.05, 0) is 40.8 Å². The van der Waals surface area contributed by atoms with Crippen LogP contribution in [0.15, 0.2) is 71.3 Å². The van der Waals surface area contributed by atoms with E-state index in [0.717, 1.165) is 11.1 Å². The fourth-order valence-corrected chi connectivity index (χ4v) is 4.25. The molecule has 0 aromatic heterocycles. The number of benzene rings is 2. The standard InChI is InChI=1S/C25H23ClN2O3/c1-25(2)11-20(29)23-21(12-25)31-24(28)19(13-27)22(23)16-5-9-18(10-6-16)30-14-15-3-7-17(26)8-4-15/h3-10,22H,11-12,14,28H2,1-2H3/t22-/m1/s1. The number of rotatable bonds is 4. The predicted molar refractivity (Wildman–Crippen MR) is 118 cm³/mol. The summed E-state index contributed by atoms with van der Waals surface area (Å²) >= 11 is 5.92. The molecule has 31 heavy (non-hydrogen) atoms. The van der Waals surface area contributed by atoms with Crippen molar-refractivity contribution in [3.05, 3.63) is 87.5 Å². The maximum absolute atomic E-state index is 13.0. The van der Waals surface area contributed by atoms with Crippen LogP contribution in [0, 0.1) is 16.7 Å². The van der Waals surface area contributed by atoms with E-state index in [1.54, 1.807) is 0 Å². The summed E-state index contributed by atoms with van der Waals surface area (Å²) in [5, 5.41) is 10.4. The first-order chi connectivity index (χ1) is 14.8. The number of carbonyl (C=O) groups excluding carboxylic acids is 1. The Balaban J connectivity index is 1.61. The second-order valence-corrected chi connectivity index (χ2v) is 9.12. The number of hydrogen-bond acceptors (Lipinski definition) is 5. The van der Waals surface area contributed by atoms with Gasteiger partial charge in [-0.3, -0.25) is 4.79 Å². The molecule has 2 aliphatic rings. The number of carbonyl (C=O) groups is 1. The summed E-state index contributed by atoms with van der Waals surface area (Å²) < 4.78 is 11.6. The van der Waals surface area contributed by atoms with Gasteiger partial charge in [-0.25, -0.2) is 0 Å². The highest BCUT2D eigenvalue weighted by molar-refractivity contribution is 6.30. The van der Waals surface area contributed by atoms with E-state index in [4.69, 9.17) is 26.8 Å². The fourth-order valence-electron chi connectivity index (χ4n) is 4.12. The van der Waals surface area contributed by atoms with E-state index in [9.17, 15) is 10.1 Å². The van der Waals surface area contributed by atoms with Crippen molar-refractivity contribution >= 4 is 17.4 Å². The number of ketones is 1. The molecule has 158 valence electrons. The second-order valence-electron chi connectivity index (χ2n) is 8.69. The Bertz CT molecular complexity index is 1120. The van der Waals surface area contributed by atoms with E-state index >= 15 is 0 Å². The lowest BCUT2D eigenvalue weighted by molar-refractivity contribution is -0.119. The van der Waals surface area contributed by atoms with Crippen molar-refractivity contribution in [1.29, 1.82) is 5.26 Å². The Hall–Kier alpha value is -3.23. The highest BCUT2D eigenvalue weighted by atomic mass is 35.5. The van der Waals surface area contributed by atoms with E-state index in [1.165, 1.54) is 0 Å². The number of hydrogen-bond donors (Lipinski definition) is 1. The van der Waals surface area contributed by atoms with Crippen molar-refractivity contribution < 1.29 is 14.3 Å². The van der Waals surface area contributed by atoms with Gasteiger partial charge in [-0.1, -0.05) is 49.7 Å². The molecule has 1 aliphatic carbocycles. The van der Waals surface area contributed by atoms with Crippen molar-refractivity contribution in [2.45, 2.75) is 39.2 Å². The first-order valence-electron chi connectivity index (χ1n) is 10.1. The number of allylic oxidation sites excluding steroid dienone is 3. The number of nitriles is 1. The molecule has 0 amide bonds. The zero-order chi connectivity index (χ0) is 22.2. The molecule has 2 N–H and O–H groups in total. The normalized spacial score (nSPS) is 20.1. The molecule has 0 fully saturated rings. The first kappa shape index (κ1) is 21.0. The summed E-state index contributed by atoms with van der Waals surface area (Å²) in [5.41, 5.74) is 8.48. The molecule has 0 saturated carbocycles. The van der Waals surface area contributed by atoms with Gasteiger partial charge in [0.15, 0.2) is 5.78 Å². The van der Waals surface area contributed by atoms with E-state index in [1.807, 2.05) is 62.4 Å². The van der Waals surface area contributed by atoms with Crippen molar-refractivity contribution in [2.75, 3.05) is 0 Å². The van der Waals surface area contributed by atoms with Gasteiger partial charge in [0.2, 0.25) is 5.88 Å². The molecule has 1 aliphatic heterocycles. The topological polar surface area (TPSA) is 85.3 Å². The van der Waals surface area contributed by atoms with Gasteiger partial charge in [0, 0.05) is 23.4 Å². The van der Waals surface area contributed by atoms with Crippen LogP contribution in [0.25, 0.3) is 0 Å². The number of ether oxygens (including phenoxy) is 2. The van der Waals surface area contributed by atoms with Crippen LogP contribution in [0.1, 0.15) is 43.7 Å². The smallest absolute Gasteiger partial charge is 0.205 e. The van der Waals surface area contributed by atoms with Crippen molar-refractivity contribution in [2.24, 2.45) is 11.1 Å². The van der Waals surface area contributed by atoms with Crippen LogP contribution in [0.5, 0.6) is 5.75 Å². The maximum Gasteiger partial charge on any atom is 0.205 e. The van der Waals surface area contributed by atoms with Gasteiger partial charge in [-0.2, -0.15) is 5.26 Å². The van der Waals surface area contributed by atoms with Crippen molar-refractivity contribution in [3.8, 4) is 11.8 Å². The van der Waals surface area contributed by atoms with Crippen LogP contribution in [-0.4, -0.2) is 5.78 Å². The predicted octanol–water partition coefficient (Wildman–Crippen LogP) is 5.37. The molecular formula is C25H23ClN2O3. The van der Waals surface area contributed by atoms with Gasteiger partial charge < -0.3 is 15.2 Å². The zero-order valence-electron chi connectivity index (χ0n) is 17.4. The van der Waals surface area contributed by atoms with E-state index in [0.29, 0.717) is 41.6 Å². The molecule has 0 radical (unpaired) electrons. The molecule has 0 unspecified atom stereocenters. The Morgan fingerprint density at radius 1 is 1.16 bits per heavy atom. The fraction of sp³-hybridized carbons (Fsp3) is 0.280. The molecule has 6 heteroatoms. The van der Waals surface area contributed by atoms with Gasteiger partial charge in [0.1, 0.15) is 29.8 Å². The summed E-state index contributed by atoms with van der Waals surface area (Å²) in [5.74, 6) is 0.805. The van der Waals surface area contributed by atoms with Crippen LogP contribution >= 0.6 is 11.6 Å². The summed E-state index contributed by atoms with van der Waals surface area (Å²) in [6, 6.07) is 17.0. The third kappa shape index (κ3) is 4.30. The molecule has 2 aromatic rings. The van der Waals surface area contributed by atoms with E-state index in [2.05, 4.69) is 6.07 Å². The molecule has 0 spiro atoms. The summed E-state index contributed by atoms with van der Waals surface area (Å²) in [6.07, 6.45) is 1.01. The monoisotopic (exact) mass is 434 g/mol. The largest absolute Gasteiger partial charge is 0.489 e. The maximum atomic E-state index is 13.0. The minimum atomic E-state index is -0.525. The Morgan fingerprint density at radius 2 is 1.84 bits per heavy atom. The lowest BCUT2D eigenvalue weighted by Gasteiger charge is -2.37. The number of nitrogens with two attached hydrogens (primary N) is 1. The lowest BCUT2D eigenvalue weighted by atomic mass is 9.70. The van der Waals surface area contributed by atoms with Gasteiger partial charge in [0.25, 0.3) is 0 Å². The Labute approximate surface area is 186 Å². The third-order valence-electron chi connectivity index (χ3n) is 5.61. The molecule has 1 atom stereocenters. The average Bonchev–Trinajstić information content (AvgIpc) is 2.72. The van der Waals surface area contributed by atoms with Gasteiger partial charge >= 0.3 is 0 Å².